The molecule has 0 spiro atoms. The second kappa shape index (κ2) is 3.36. The van der Waals surface area contributed by atoms with Crippen molar-refractivity contribution in [2.45, 2.75) is 18.9 Å². The standard InChI is InChI=1S/C10H11FN2O/c1-13(7-5-6-7)10(14)8-3-2-4-9(11)12-8/h2-4,7H,5-6H2,1H3. The molecule has 0 atom stereocenters. The van der Waals surface area contributed by atoms with Crippen molar-refractivity contribution >= 4 is 5.91 Å². The van der Waals surface area contributed by atoms with E-state index in [1.807, 2.05) is 0 Å². The van der Waals surface area contributed by atoms with Crippen LogP contribution in [0, 0.1) is 5.95 Å². The van der Waals surface area contributed by atoms with Gasteiger partial charge in [-0.3, -0.25) is 4.79 Å². The highest BCUT2D eigenvalue weighted by atomic mass is 19.1. The molecule has 0 bridgehead atoms. The van der Waals surface area contributed by atoms with Crippen molar-refractivity contribution in [1.29, 1.82) is 0 Å². The predicted molar refractivity (Wildman–Crippen MR) is 49.3 cm³/mol. The van der Waals surface area contributed by atoms with Gasteiger partial charge in [-0.2, -0.15) is 4.39 Å². The van der Waals surface area contributed by atoms with Crippen molar-refractivity contribution in [3.05, 3.63) is 29.8 Å². The largest absolute Gasteiger partial charge is 0.337 e. The van der Waals surface area contributed by atoms with E-state index in [9.17, 15) is 9.18 Å². The maximum absolute atomic E-state index is 12.7. The first-order valence-electron chi connectivity index (χ1n) is 4.58. The van der Waals surface area contributed by atoms with E-state index in [0.29, 0.717) is 6.04 Å². The summed E-state index contributed by atoms with van der Waals surface area (Å²) in [6, 6.07) is 4.58. The van der Waals surface area contributed by atoms with Gasteiger partial charge in [-0.15, -0.1) is 0 Å². The number of hydrogen-bond donors (Lipinski definition) is 0. The highest BCUT2D eigenvalue weighted by molar-refractivity contribution is 5.92. The van der Waals surface area contributed by atoms with Crippen molar-refractivity contribution in [2.24, 2.45) is 0 Å². The zero-order valence-electron chi connectivity index (χ0n) is 7.90. The zero-order valence-corrected chi connectivity index (χ0v) is 7.90. The molecule has 0 radical (unpaired) electrons. The lowest BCUT2D eigenvalue weighted by Gasteiger charge is -2.15. The molecule has 0 N–H and O–H groups in total. The van der Waals surface area contributed by atoms with Crippen molar-refractivity contribution in [2.75, 3.05) is 7.05 Å². The topological polar surface area (TPSA) is 33.2 Å². The maximum atomic E-state index is 12.7. The average Bonchev–Trinajstić information content (AvgIpc) is 2.99. The molecule has 74 valence electrons. The van der Waals surface area contributed by atoms with Gasteiger partial charge in [0.15, 0.2) is 0 Å². The summed E-state index contributed by atoms with van der Waals surface area (Å²) < 4.78 is 12.7. The van der Waals surface area contributed by atoms with Gasteiger partial charge in [0.25, 0.3) is 5.91 Å². The fourth-order valence-corrected chi connectivity index (χ4v) is 1.34. The lowest BCUT2D eigenvalue weighted by atomic mass is 10.3. The second-order valence-corrected chi connectivity index (χ2v) is 3.49. The van der Waals surface area contributed by atoms with Gasteiger partial charge in [-0.25, -0.2) is 4.98 Å². The van der Waals surface area contributed by atoms with E-state index < -0.39 is 5.95 Å². The molecular formula is C10H11FN2O. The fourth-order valence-electron chi connectivity index (χ4n) is 1.34. The molecule has 0 saturated heterocycles. The first-order valence-corrected chi connectivity index (χ1v) is 4.58. The molecule has 3 nitrogen and oxygen atoms in total. The zero-order chi connectivity index (χ0) is 10.1. The molecular weight excluding hydrogens is 183 g/mol. The van der Waals surface area contributed by atoms with Crippen LogP contribution in [0.15, 0.2) is 18.2 Å². The minimum Gasteiger partial charge on any atom is -0.337 e. The Morgan fingerprint density at radius 2 is 2.29 bits per heavy atom. The van der Waals surface area contributed by atoms with Crippen molar-refractivity contribution < 1.29 is 9.18 Å². The summed E-state index contributed by atoms with van der Waals surface area (Å²) in [4.78, 5) is 16.8. The van der Waals surface area contributed by atoms with Gasteiger partial charge in [-0.1, -0.05) is 6.07 Å². The normalized spacial score (nSPS) is 15.3. The van der Waals surface area contributed by atoms with E-state index in [4.69, 9.17) is 0 Å². The van der Waals surface area contributed by atoms with Crippen LogP contribution in [0.1, 0.15) is 23.3 Å². The predicted octanol–water partition coefficient (Wildman–Crippen LogP) is 1.46. The highest BCUT2D eigenvalue weighted by Crippen LogP contribution is 2.26. The molecule has 1 aliphatic carbocycles. The molecule has 1 fully saturated rings. The molecule has 4 heteroatoms. The van der Waals surface area contributed by atoms with Crippen LogP contribution < -0.4 is 0 Å². The molecule has 0 aromatic carbocycles. The summed E-state index contributed by atoms with van der Waals surface area (Å²) in [5, 5.41) is 0. The Balaban J connectivity index is 2.17. The molecule has 14 heavy (non-hydrogen) atoms. The molecule has 1 heterocycles. The molecule has 1 saturated carbocycles. The number of hydrogen-bond acceptors (Lipinski definition) is 2. The number of pyridine rings is 1. The summed E-state index contributed by atoms with van der Waals surface area (Å²) in [5.74, 6) is -0.813. The number of carbonyl (C=O) groups excluding carboxylic acids is 1. The van der Waals surface area contributed by atoms with Crippen molar-refractivity contribution in [3.63, 3.8) is 0 Å². The molecule has 1 aliphatic rings. The Hall–Kier alpha value is -1.45. The first-order chi connectivity index (χ1) is 6.68. The molecule has 1 aromatic rings. The minimum absolute atomic E-state index is 0.180. The second-order valence-electron chi connectivity index (χ2n) is 3.49. The number of rotatable bonds is 2. The van der Waals surface area contributed by atoms with E-state index >= 15 is 0 Å². The summed E-state index contributed by atoms with van der Waals surface area (Å²) in [6.45, 7) is 0. The van der Waals surface area contributed by atoms with Crippen LogP contribution in [0.3, 0.4) is 0 Å². The van der Waals surface area contributed by atoms with E-state index in [0.717, 1.165) is 12.8 Å². The summed E-state index contributed by atoms with van der Waals surface area (Å²) in [6.07, 6.45) is 2.08. The Labute approximate surface area is 81.6 Å². The van der Waals surface area contributed by atoms with Gasteiger partial charge in [0.05, 0.1) is 0 Å². The highest BCUT2D eigenvalue weighted by Gasteiger charge is 2.30. The summed E-state index contributed by atoms with van der Waals surface area (Å²) in [5.41, 5.74) is 0.180. The van der Waals surface area contributed by atoms with Gasteiger partial charge in [0.2, 0.25) is 5.95 Å². The van der Waals surface area contributed by atoms with Crippen molar-refractivity contribution in [3.8, 4) is 0 Å². The van der Waals surface area contributed by atoms with E-state index in [1.165, 1.54) is 18.2 Å². The van der Waals surface area contributed by atoms with Crippen LogP contribution in [0.4, 0.5) is 4.39 Å². The molecule has 0 aliphatic heterocycles. The van der Waals surface area contributed by atoms with Crippen molar-refractivity contribution in [1.82, 2.24) is 9.88 Å². The molecule has 0 unspecified atom stereocenters. The lowest BCUT2D eigenvalue weighted by molar-refractivity contribution is 0.0778. The fraction of sp³-hybridized carbons (Fsp3) is 0.400. The van der Waals surface area contributed by atoms with Gasteiger partial charge < -0.3 is 4.90 Å². The van der Waals surface area contributed by atoms with Crippen LogP contribution in [-0.2, 0) is 0 Å². The average molecular weight is 194 g/mol. The van der Waals surface area contributed by atoms with Crippen LogP contribution >= 0.6 is 0 Å². The first kappa shape index (κ1) is 9.12. The van der Waals surface area contributed by atoms with Gasteiger partial charge in [0, 0.05) is 13.1 Å². The number of carbonyl (C=O) groups is 1. The Morgan fingerprint density at radius 1 is 1.57 bits per heavy atom. The monoisotopic (exact) mass is 194 g/mol. The van der Waals surface area contributed by atoms with E-state index in [-0.39, 0.29) is 11.6 Å². The van der Waals surface area contributed by atoms with Gasteiger partial charge >= 0.3 is 0 Å². The number of aromatic nitrogens is 1. The summed E-state index contributed by atoms with van der Waals surface area (Å²) in [7, 11) is 1.73. The van der Waals surface area contributed by atoms with E-state index in [1.54, 1.807) is 11.9 Å². The smallest absolute Gasteiger partial charge is 0.272 e. The lowest BCUT2D eigenvalue weighted by Crippen LogP contribution is -2.29. The third-order valence-electron chi connectivity index (χ3n) is 2.35. The third kappa shape index (κ3) is 1.73. The number of amides is 1. The SMILES string of the molecule is CN(C(=O)c1cccc(F)n1)C1CC1. The van der Waals surface area contributed by atoms with Crippen LogP contribution in [-0.4, -0.2) is 28.9 Å². The molecule has 1 amide bonds. The quantitative estimate of drug-likeness (QED) is 0.668. The number of nitrogens with zero attached hydrogens (tertiary/aromatic N) is 2. The number of halogens is 1. The Morgan fingerprint density at radius 3 is 2.86 bits per heavy atom. The van der Waals surface area contributed by atoms with Gasteiger partial charge in [-0.05, 0) is 25.0 Å². The third-order valence-corrected chi connectivity index (χ3v) is 2.35. The maximum Gasteiger partial charge on any atom is 0.272 e. The molecule has 2 rings (SSSR count). The van der Waals surface area contributed by atoms with E-state index in [2.05, 4.69) is 4.98 Å². The van der Waals surface area contributed by atoms with Crippen LogP contribution in [0.25, 0.3) is 0 Å². The van der Waals surface area contributed by atoms with Crippen LogP contribution in [0.2, 0.25) is 0 Å². The Bertz CT molecular complexity index is 363. The Kier molecular flexibility index (Phi) is 2.19. The molecule has 1 aromatic heterocycles. The van der Waals surface area contributed by atoms with Gasteiger partial charge in [0.1, 0.15) is 5.69 Å². The minimum atomic E-state index is -0.611. The van der Waals surface area contributed by atoms with Crippen LogP contribution in [0.5, 0.6) is 0 Å². The summed E-state index contributed by atoms with van der Waals surface area (Å²) >= 11 is 0.